The third kappa shape index (κ3) is 3.60. The number of benzene rings is 1. The molecule has 21 heavy (non-hydrogen) atoms. The fraction of sp³-hybridized carbons (Fsp3) is 0.267. The van der Waals surface area contributed by atoms with Crippen LogP contribution in [0, 0.1) is 11.3 Å². The maximum atomic E-state index is 11.9. The lowest BCUT2D eigenvalue weighted by Gasteiger charge is -2.14. The van der Waals surface area contributed by atoms with Crippen molar-refractivity contribution in [3.63, 3.8) is 0 Å². The van der Waals surface area contributed by atoms with Gasteiger partial charge in [0, 0.05) is 24.5 Å². The number of nitrogens with one attached hydrogen (secondary N) is 1. The van der Waals surface area contributed by atoms with Crippen molar-refractivity contribution in [1.82, 2.24) is 9.88 Å². The molecule has 0 aliphatic rings. The van der Waals surface area contributed by atoms with E-state index in [1.807, 2.05) is 30.3 Å². The summed E-state index contributed by atoms with van der Waals surface area (Å²) < 4.78 is 4.98. The number of ether oxygens (including phenoxy) is 1. The van der Waals surface area contributed by atoms with E-state index in [2.05, 4.69) is 4.98 Å². The molecule has 1 aromatic heterocycles. The predicted octanol–water partition coefficient (Wildman–Crippen LogP) is 1.70. The number of nitriles is 1. The van der Waals surface area contributed by atoms with Gasteiger partial charge in [0.15, 0.2) is 6.61 Å². The van der Waals surface area contributed by atoms with Crippen LogP contribution in [-0.2, 0) is 9.53 Å². The summed E-state index contributed by atoms with van der Waals surface area (Å²) in [6.07, 6.45) is 0.248. The van der Waals surface area contributed by atoms with E-state index in [1.165, 1.54) is 4.90 Å². The van der Waals surface area contributed by atoms with Crippen LogP contribution in [-0.4, -0.2) is 42.0 Å². The van der Waals surface area contributed by atoms with Crippen LogP contribution < -0.4 is 0 Å². The van der Waals surface area contributed by atoms with Gasteiger partial charge in [0.25, 0.3) is 5.91 Å². The topological polar surface area (TPSA) is 86.2 Å². The fourth-order valence-corrected chi connectivity index (χ4v) is 1.84. The summed E-state index contributed by atoms with van der Waals surface area (Å²) in [5, 5.41) is 9.36. The number of aromatic nitrogens is 1. The van der Waals surface area contributed by atoms with E-state index in [9.17, 15) is 9.59 Å². The highest BCUT2D eigenvalue weighted by Gasteiger charge is 2.14. The molecule has 108 valence electrons. The molecule has 0 saturated carbocycles. The summed E-state index contributed by atoms with van der Waals surface area (Å²) in [5.41, 5.74) is 1.14. The first kappa shape index (κ1) is 14.6. The van der Waals surface area contributed by atoms with E-state index >= 15 is 0 Å². The van der Waals surface area contributed by atoms with Crippen LogP contribution in [0.1, 0.15) is 16.9 Å². The van der Waals surface area contributed by atoms with Gasteiger partial charge in [0.2, 0.25) is 0 Å². The number of nitrogens with zero attached hydrogens (tertiary/aromatic N) is 2. The Morgan fingerprint density at radius 1 is 1.38 bits per heavy atom. The minimum absolute atomic E-state index is 0.248. The van der Waals surface area contributed by atoms with Crippen LogP contribution in [0.25, 0.3) is 10.9 Å². The molecule has 6 heteroatoms. The third-order valence-electron chi connectivity index (χ3n) is 3.06. The number of likely N-dealkylation sites (N-methyl/N-ethyl adjacent to an activating group) is 1. The van der Waals surface area contributed by atoms with Gasteiger partial charge in [-0.1, -0.05) is 18.2 Å². The molecule has 0 unspecified atom stereocenters. The average Bonchev–Trinajstić information content (AvgIpc) is 2.93. The largest absolute Gasteiger partial charge is 0.451 e. The Bertz CT molecular complexity index is 666. The number of H-pyrrole nitrogens is 1. The lowest BCUT2D eigenvalue weighted by atomic mass is 10.2. The number of carbonyl (C=O) groups is 2. The maximum Gasteiger partial charge on any atom is 0.355 e. The second-order valence-electron chi connectivity index (χ2n) is 4.57. The zero-order valence-corrected chi connectivity index (χ0v) is 11.6. The van der Waals surface area contributed by atoms with Crippen LogP contribution in [0.3, 0.4) is 0 Å². The monoisotopic (exact) mass is 285 g/mol. The van der Waals surface area contributed by atoms with Gasteiger partial charge in [-0.05, 0) is 12.1 Å². The molecule has 0 bridgehead atoms. The molecule has 1 aromatic carbocycles. The molecule has 0 fully saturated rings. The standard InChI is InChI=1S/C15H15N3O3/c1-18(8-4-7-16)14(19)10-21-15(20)13-9-11-5-2-3-6-12(11)17-13/h2-3,5-6,9,17H,4,8,10H2,1H3. The number of esters is 1. The molecule has 2 aromatic rings. The third-order valence-corrected chi connectivity index (χ3v) is 3.06. The Morgan fingerprint density at radius 3 is 2.86 bits per heavy atom. The van der Waals surface area contributed by atoms with Crippen molar-refractivity contribution >= 4 is 22.8 Å². The molecule has 0 spiro atoms. The average molecular weight is 285 g/mol. The summed E-state index contributed by atoms with van der Waals surface area (Å²) in [7, 11) is 1.57. The predicted molar refractivity (Wildman–Crippen MR) is 76.4 cm³/mol. The molecule has 1 heterocycles. The van der Waals surface area contributed by atoms with E-state index in [0.29, 0.717) is 12.2 Å². The first-order chi connectivity index (χ1) is 10.1. The Morgan fingerprint density at radius 2 is 2.14 bits per heavy atom. The number of aromatic amines is 1. The Hall–Kier alpha value is -2.81. The molecule has 0 aliphatic heterocycles. The van der Waals surface area contributed by atoms with Crippen molar-refractivity contribution in [1.29, 1.82) is 5.26 Å². The van der Waals surface area contributed by atoms with Crippen molar-refractivity contribution in [3.8, 4) is 6.07 Å². The van der Waals surface area contributed by atoms with Gasteiger partial charge in [0.1, 0.15) is 5.69 Å². The van der Waals surface area contributed by atoms with Gasteiger partial charge in [-0.25, -0.2) is 4.79 Å². The number of hydrogen-bond acceptors (Lipinski definition) is 4. The van der Waals surface area contributed by atoms with Gasteiger partial charge < -0.3 is 14.6 Å². The van der Waals surface area contributed by atoms with E-state index in [4.69, 9.17) is 10.00 Å². The number of rotatable bonds is 5. The Labute approximate surface area is 121 Å². The molecular weight excluding hydrogens is 270 g/mol. The molecule has 1 amide bonds. The highest BCUT2D eigenvalue weighted by Crippen LogP contribution is 2.15. The van der Waals surface area contributed by atoms with Crippen molar-refractivity contribution in [2.24, 2.45) is 0 Å². The number of hydrogen-bond donors (Lipinski definition) is 1. The number of fused-ring (bicyclic) bond motifs is 1. The van der Waals surface area contributed by atoms with Crippen LogP contribution >= 0.6 is 0 Å². The van der Waals surface area contributed by atoms with Crippen molar-refractivity contribution in [2.45, 2.75) is 6.42 Å². The quantitative estimate of drug-likeness (QED) is 0.847. The molecule has 2 rings (SSSR count). The summed E-state index contributed by atoms with van der Waals surface area (Å²) in [6, 6.07) is 11.1. The molecule has 0 radical (unpaired) electrons. The minimum atomic E-state index is -0.576. The first-order valence-corrected chi connectivity index (χ1v) is 6.47. The molecule has 6 nitrogen and oxygen atoms in total. The van der Waals surface area contributed by atoms with Crippen molar-refractivity contribution in [3.05, 3.63) is 36.0 Å². The van der Waals surface area contributed by atoms with Crippen molar-refractivity contribution < 1.29 is 14.3 Å². The van der Waals surface area contributed by atoms with Gasteiger partial charge in [-0.3, -0.25) is 4.79 Å². The van der Waals surface area contributed by atoms with Gasteiger partial charge in [-0.15, -0.1) is 0 Å². The van der Waals surface area contributed by atoms with Gasteiger partial charge in [0.05, 0.1) is 12.5 Å². The smallest absolute Gasteiger partial charge is 0.355 e. The first-order valence-electron chi connectivity index (χ1n) is 6.47. The normalized spacial score (nSPS) is 10.1. The molecule has 0 aliphatic carbocycles. The SMILES string of the molecule is CN(CCC#N)C(=O)COC(=O)c1cc2ccccc2[nH]1. The molecular formula is C15H15N3O3. The summed E-state index contributed by atoms with van der Waals surface area (Å²) >= 11 is 0. The number of carbonyl (C=O) groups excluding carboxylic acids is 2. The van der Waals surface area contributed by atoms with E-state index in [0.717, 1.165) is 10.9 Å². The fourth-order valence-electron chi connectivity index (χ4n) is 1.84. The molecule has 0 atom stereocenters. The summed E-state index contributed by atoms with van der Waals surface area (Å²) in [4.78, 5) is 27.9. The van der Waals surface area contributed by atoms with Crippen LogP contribution in [0.15, 0.2) is 30.3 Å². The molecule has 1 N–H and O–H groups in total. The van der Waals surface area contributed by atoms with E-state index in [-0.39, 0.29) is 18.9 Å². The van der Waals surface area contributed by atoms with Crippen LogP contribution in [0.4, 0.5) is 0 Å². The van der Waals surface area contributed by atoms with Crippen LogP contribution in [0.5, 0.6) is 0 Å². The van der Waals surface area contributed by atoms with Crippen LogP contribution in [0.2, 0.25) is 0 Å². The second-order valence-corrected chi connectivity index (χ2v) is 4.57. The highest BCUT2D eigenvalue weighted by atomic mass is 16.5. The highest BCUT2D eigenvalue weighted by molar-refractivity contribution is 5.95. The lowest BCUT2D eigenvalue weighted by molar-refractivity contribution is -0.133. The number of amides is 1. The number of para-hydroxylation sites is 1. The Kier molecular flexibility index (Phi) is 4.57. The minimum Gasteiger partial charge on any atom is -0.451 e. The molecule has 0 saturated heterocycles. The lowest BCUT2D eigenvalue weighted by Crippen LogP contribution is -2.31. The summed E-state index contributed by atoms with van der Waals surface area (Å²) in [6.45, 7) is -0.0185. The van der Waals surface area contributed by atoms with E-state index < -0.39 is 5.97 Å². The second kappa shape index (κ2) is 6.57. The van der Waals surface area contributed by atoms with E-state index in [1.54, 1.807) is 13.1 Å². The maximum absolute atomic E-state index is 11.9. The zero-order chi connectivity index (χ0) is 15.2. The summed E-state index contributed by atoms with van der Waals surface area (Å²) in [5.74, 6) is -0.914. The Balaban J connectivity index is 1.92. The van der Waals surface area contributed by atoms with Gasteiger partial charge >= 0.3 is 5.97 Å². The van der Waals surface area contributed by atoms with Gasteiger partial charge in [-0.2, -0.15) is 5.26 Å². The van der Waals surface area contributed by atoms with Crippen molar-refractivity contribution in [2.75, 3.05) is 20.2 Å². The zero-order valence-electron chi connectivity index (χ0n) is 11.6.